The minimum Gasteiger partial charge on any atom is -0.352 e. The highest BCUT2D eigenvalue weighted by Gasteiger charge is 2.30. The van der Waals surface area contributed by atoms with Gasteiger partial charge >= 0.3 is 0 Å². The summed E-state index contributed by atoms with van der Waals surface area (Å²) in [4.78, 5) is 28.7. The quantitative estimate of drug-likeness (QED) is 0.405. The first-order chi connectivity index (χ1) is 16.3. The number of nitrogens with zero attached hydrogens (tertiary/aromatic N) is 1. The van der Waals surface area contributed by atoms with Crippen molar-refractivity contribution in [1.29, 1.82) is 0 Å². The van der Waals surface area contributed by atoms with Crippen LogP contribution in [0.1, 0.15) is 42.5 Å². The Morgan fingerprint density at radius 1 is 0.882 bits per heavy atom. The first-order valence-electron chi connectivity index (χ1n) is 11.8. The molecule has 0 saturated heterocycles. The van der Waals surface area contributed by atoms with E-state index in [1.807, 2.05) is 87.5 Å². The Morgan fingerprint density at radius 3 is 2.18 bits per heavy atom. The third kappa shape index (κ3) is 7.46. The molecule has 0 radical (unpaired) electrons. The maximum absolute atomic E-state index is 13.6. The van der Waals surface area contributed by atoms with Crippen molar-refractivity contribution in [1.82, 2.24) is 10.2 Å². The number of aryl methyl sites for hydroxylation is 2. The topological polar surface area (TPSA) is 49.4 Å². The van der Waals surface area contributed by atoms with Gasteiger partial charge in [0.05, 0.1) is 0 Å². The number of hydrogen-bond acceptors (Lipinski definition) is 2. The number of halogens is 1. The van der Waals surface area contributed by atoms with Gasteiger partial charge in [-0.15, -0.1) is 0 Å². The van der Waals surface area contributed by atoms with Crippen molar-refractivity contribution >= 4 is 23.4 Å². The van der Waals surface area contributed by atoms with Crippen LogP contribution in [-0.2, 0) is 29.0 Å². The van der Waals surface area contributed by atoms with Gasteiger partial charge in [0.25, 0.3) is 0 Å². The van der Waals surface area contributed by atoms with Crippen molar-refractivity contribution in [2.45, 2.75) is 58.7 Å². The van der Waals surface area contributed by atoms with E-state index in [0.717, 1.165) is 16.7 Å². The molecule has 3 aromatic rings. The van der Waals surface area contributed by atoms with E-state index in [9.17, 15) is 9.59 Å². The van der Waals surface area contributed by atoms with Gasteiger partial charge in [0, 0.05) is 30.5 Å². The first kappa shape index (κ1) is 25.5. The SMILES string of the molecule is Cc1ccc(CCC(=O)N(Cc2ccccc2Cl)[C@H](Cc2ccccc2)C(=O)NC(C)C)cc1. The average molecular weight is 477 g/mol. The van der Waals surface area contributed by atoms with Gasteiger partial charge in [-0.2, -0.15) is 0 Å². The molecule has 0 spiro atoms. The second kappa shape index (κ2) is 12.4. The van der Waals surface area contributed by atoms with E-state index in [4.69, 9.17) is 11.6 Å². The van der Waals surface area contributed by atoms with Gasteiger partial charge in [0.2, 0.25) is 11.8 Å². The van der Waals surface area contributed by atoms with Gasteiger partial charge in [-0.3, -0.25) is 9.59 Å². The lowest BCUT2D eigenvalue weighted by molar-refractivity contribution is -0.141. The number of carbonyl (C=O) groups is 2. The van der Waals surface area contributed by atoms with E-state index >= 15 is 0 Å². The molecule has 34 heavy (non-hydrogen) atoms. The van der Waals surface area contributed by atoms with Gasteiger partial charge in [-0.1, -0.05) is 90.0 Å². The van der Waals surface area contributed by atoms with Crippen LogP contribution in [0.2, 0.25) is 5.02 Å². The average Bonchev–Trinajstić information content (AvgIpc) is 2.82. The monoisotopic (exact) mass is 476 g/mol. The number of hydrogen-bond donors (Lipinski definition) is 1. The summed E-state index contributed by atoms with van der Waals surface area (Å²) >= 11 is 6.45. The van der Waals surface area contributed by atoms with E-state index in [1.54, 1.807) is 4.90 Å². The van der Waals surface area contributed by atoms with Crippen LogP contribution < -0.4 is 5.32 Å². The van der Waals surface area contributed by atoms with Crippen molar-refractivity contribution in [2.24, 2.45) is 0 Å². The molecule has 178 valence electrons. The highest BCUT2D eigenvalue weighted by Crippen LogP contribution is 2.21. The van der Waals surface area contributed by atoms with Crippen LogP contribution >= 0.6 is 11.6 Å². The summed E-state index contributed by atoms with van der Waals surface area (Å²) in [7, 11) is 0. The summed E-state index contributed by atoms with van der Waals surface area (Å²) in [5.41, 5.74) is 4.11. The molecule has 0 aliphatic carbocycles. The molecule has 0 saturated carbocycles. The molecule has 1 N–H and O–H groups in total. The number of benzene rings is 3. The van der Waals surface area contributed by atoms with Crippen molar-refractivity contribution in [2.75, 3.05) is 0 Å². The van der Waals surface area contributed by atoms with Crippen LogP contribution in [0.4, 0.5) is 0 Å². The molecule has 0 aliphatic rings. The summed E-state index contributed by atoms with van der Waals surface area (Å²) in [5, 5.41) is 3.60. The third-order valence-corrected chi connectivity index (χ3v) is 6.12. The predicted molar refractivity (Wildman–Crippen MR) is 139 cm³/mol. The van der Waals surface area contributed by atoms with Crippen molar-refractivity contribution in [3.8, 4) is 0 Å². The fraction of sp³-hybridized carbons (Fsp3) is 0.310. The Bertz CT molecular complexity index is 1080. The lowest BCUT2D eigenvalue weighted by Gasteiger charge is -2.32. The van der Waals surface area contributed by atoms with Gasteiger partial charge in [0.1, 0.15) is 6.04 Å². The largest absolute Gasteiger partial charge is 0.352 e. The standard InChI is InChI=1S/C29H33ClN2O2/c1-21(2)31-29(34)27(19-24-9-5-4-6-10-24)32(20-25-11-7-8-12-26(25)30)28(33)18-17-23-15-13-22(3)14-16-23/h4-16,21,27H,17-20H2,1-3H3,(H,31,34)/t27-/m1/s1. The molecular formula is C29H33ClN2O2. The lowest BCUT2D eigenvalue weighted by atomic mass is 10.0. The zero-order valence-corrected chi connectivity index (χ0v) is 20.9. The second-order valence-corrected chi connectivity index (χ2v) is 9.37. The normalized spacial score (nSPS) is 11.8. The molecule has 5 heteroatoms. The second-order valence-electron chi connectivity index (χ2n) is 8.97. The lowest BCUT2D eigenvalue weighted by Crippen LogP contribution is -2.51. The molecule has 1 atom stereocenters. The Morgan fingerprint density at radius 2 is 1.53 bits per heavy atom. The van der Waals surface area contributed by atoms with Crippen LogP contribution in [0.25, 0.3) is 0 Å². The Hall–Kier alpha value is -3.11. The van der Waals surface area contributed by atoms with E-state index in [0.29, 0.717) is 24.3 Å². The molecule has 4 nitrogen and oxygen atoms in total. The number of amides is 2. The smallest absolute Gasteiger partial charge is 0.243 e. The third-order valence-electron chi connectivity index (χ3n) is 5.75. The molecular weight excluding hydrogens is 444 g/mol. The summed E-state index contributed by atoms with van der Waals surface area (Å²) in [6, 6.07) is 24.8. The molecule has 0 unspecified atom stereocenters. The van der Waals surface area contributed by atoms with Gasteiger partial charge in [-0.25, -0.2) is 0 Å². The predicted octanol–water partition coefficient (Wildman–Crippen LogP) is 5.75. The highest BCUT2D eigenvalue weighted by atomic mass is 35.5. The summed E-state index contributed by atoms with van der Waals surface area (Å²) < 4.78 is 0. The fourth-order valence-electron chi connectivity index (χ4n) is 3.89. The summed E-state index contributed by atoms with van der Waals surface area (Å²) in [6.07, 6.45) is 1.36. The molecule has 0 aliphatic heterocycles. The maximum atomic E-state index is 13.6. The Kier molecular flexibility index (Phi) is 9.29. The Labute approximate surface area is 207 Å². The van der Waals surface area contributed by atoms with Crippen LogP contribution in [-0.4, -0.2) is 28.8 Å². The molecule has 0 fully saturated rings. The fourth-order valence-corrected chi connectivity index (χ4v) is 4.09. The molecule has 3 rings (SSSR count). The highest BCUT2D eigenvalue weighted by molar-refractivity contribution is 6.31. The number of nitrogens with one attached hydrogen (secondary N) is 1. The van der Waals surface area contributed by atoms with Gasteiger partial charge in [-0.05, 0) is 49.9 Å². The van der Waals surface area contributed by atoms with E-state index in [-0.39, 0.29) is 24.4 Å². The van der Waals surface area contributed by atoms with Crippen LogP contribution in [0.5, 0.6) is 0 Å². The van der Waals surface area contributed by atoms with Crippen molar-refractivity contribution in [3.05, 3.63) is 106 Å². The molecule has 3 aromatic carbocycles. The van der Waals surface area contributed by atoms with Crippen LogP contribution in [0, 0.1) is 6.92 Å². The van der Waals surface area contributed by atoms with Crippen molar-refractivity contribution in [3.63, 3.8) is 0 Å². The zero-order valence-electron chi connectivity index (χ0n) is 20.1. The van der Waals surface area contributed by atoms with Crippen LogP contribution in [0.3, 0.4) is 0 Å². The number of carbonyl (C=O) groups excluding carboxylic acids is 2. The van der Waals surface area contributed by atoms with E-state index < -0.39 is 6.04 Å². The Balaban J connectivity index is 1.91. The summed E-state index contributed by atoms with van der Waals surface area (Å²) in [5.74, 6) is -0.227. The maximum Gasteiger partial charge on any atom is 0.243 e. The minimum atomic E-state index is -0.647. The molecule has 0 aromatic heterocycles. The minimum absolute atomic E-state index is 0.0319. The number of rotatable bonds is 10. The van der Waals surface area contributed by atoms with Crippen LogP contribution in [0.15, 0.2) is 78.9 Å². The zero-order chi connectivity index (χ0) is 24.5. The molecule has 0 bridgehead atoms. The van der Waals surface area contributed by atoms with Gasteiger partial charge in [0.15, 0.2) is 0 Å². The van der Waals surface area contributed by atoms with E-state index in [1.165, 1.54) is 5.56 Å². The van der Waals surface area contributed by atoms with Gasteiger partial charge < -0.3 is 10.2 Å². The van der Waals surface area contributed by atoms with Crippen molar-refractivity contribution < 1.29 is 9.59 Å². The molecule has 0 heterocycles. The first-order valence-corrected chi connectivity index (χ1v) is 12.1. The molecule has 2 amide bonds. The van der Waals surface area contributed by atoms with E-state index in [2.05, 4.69) is 17.4 Å². The summed E-state index contributed by atoms with van der Waals surface area (Å²) in [6.45, 7) is 6.17.